The molecule has 0 saturated heterocycles. The molecule has 0 spiro atoms. The van der Waals surface area contributed by atoms with Crippen molar-refractivity contribution in [3.8, 4) is 6.07 Å². The van der Waals surface area contributed by atoms with Crippen molar-refractivity contribution < 1.29 is 0 Å². The average Bonchev–Trinajstić information content (AvgIpc) is 2.05. The van der Waals surface area contributed by atoms with E-state index >= 15 is 0 Å². The van der Waals surface area contributed by atoms with Crippen LogP contribution in [0.2, 0.25) is 0 Å². The van der Waals surface area contributed by atoms with Gasteiger partial charge in [-0.05, 0) is 33.6 Å². The highest BCUT2D eigenvalue weighted by Gasteiger charge is 2.04. The maximum Gasteiger partial charge on any atom is 0.106 e. The molecule has 0 bridgehead atoms. The molecule has 0 aromatic carbocycles. The van der Waals surface area contributed by atoms with Gasteiger partial charge in [0, 0.05) is 12.2 Å². The summed E-state index contributed by atoms with van der Waals surface area (Å²) in [6.45, 7) is 0. The Labute approximate surface area is 91.5 Å². The van der Waals surface area contributed by atoms with Crippen molar-refractivity contribution >= 4 is 28.3 Å². The van der Waals surface area contributed by atoms with Crippen LogP contribution in [0.25, 0.3) is 0 Å². The second-order valence-corrected chi connectivity index (χ2v) is 3.19. The number of nitriles is 1. The molecule has 1 aromatic rings. The smallest absolute Gasteiger partial charge is 0.106 e. The summed E-state index contributed by atoms with van der Waals surface area (Å²) < 4.78 is 0.744. The predicted octanol–water partition coefficient (Wildman–Crippen LogP) is 2.18. The third kappa shape index (κ3) is 3.73. The van der Waals surface area contributed by atoms with Gasteiger partial charge in [-0.25, -0.2) is 4.98 Å². The Morgan fingerprint density at radius 3 is 2.92 bits per heavy atom. The van der Waals surface area contributed by atoms with Gasteiger partial charge in [0.25, 0.3) is 0 Å². The predicted molar refractivity (Wildman–Crippen MR) is 56.3 cm³/mol. The van der Waals surface area contributed by atoms with Crippen LogP contribution in [0, 0.1) is 11.3 Å². The summed E-state index contributed by atoms with van der Waals surface area (Å²) in [6, 6.07) is 5.44. The monoisotopic (exact) mass is 261 g/mol. The fraction of sp³-hybridized carbons (Fsp3) is 0.250. The molecule has 1 atom stereocenters. The molecule has 70 valence electrons. The van der Waals surface area contributed by atoms with Crippen molar-refractivity contribution in [1.29, 1.82) is 5.26 Å². The van der Waals surface area contributed by atoms with Gasteiger partial charge in [-0.2, -0.15) is 5.26 Å². The lowest BCUT2D eigenvalue weighted by atomic mass is 10.1. The van der Waals surface area contributed by atoms with Crippen molar-refractivity contribution in [3.05, 3.63) is 28.5 Å². The molecule has 2 N–H and O–H groups in total. The van der Waals surface area contributed by atoms with Crippen LogP contribution in [0.5, 0.6) is 0 Å². The average molecular weight is 263 g/mol. The van der Waals surface area contributed by atoms with Crippen molar-refractivity contribution in [2.45, 2.75) is 12.5 Å². The van der Waals surface area contributed by atoms with E-state index in [0.29, 0.717) is 6.42 Å². The number of pyridine rings is 1. The minimum Gasteiger partial charge on any atom is -0.323 e. The molecular weight excluding hydrogens is 253 g/mol. The fourth-order valence-electron chi connectivity index (χ4n) is 0.864. The molecular formula is C8H9BrClN3. The molecule has 0 aliphatic carbocycles. The van der Waals surface area contributed by atoms with E-state index in [1.54, 1.807) is 6.20 Å². The minimum atomic E-state index is -0.214. The van der Waals surface area contributed by atoms with Crippen LogP contribution in [0.3, 0.4) is 0 Å². The van der Waals surface area contributed by atoms with Gasteiger partial charge in [0.15, 0.2) is 0 Å². The molecule has 5 heteroatoms. The molecule has 0 fully saturated rings. The number of aromatic nitrogens is 1. The van der Waals surface area contributed by atoms with Crippen LogP contribution in [0.1, 0.15) is 18.0 Å². The van der Waals surface area contributed by atoms with Gasteiger partial charge in [-0.15, -0.1) is 12.4 Å². The van der Waals surface area contributed by atoms with Gasteiger partial charge < -0.3 is 5.73 Å². The topological polar surface area (TPSA) is 62.7 Å². The van der Waals surface area contributed by atoms with Gasteiger partial charge in [0.2, 0.25) is 0 Å². The van der Waals surface area contributed by atoms with E-state index in [2.05, 4.69) is 20.9 Å². The van der Waals surface area contributed by atoms with Crippen LogP contribution in [-0.2, 0) is 0 Å². The largest absolute Gasteiger partial charge is 0.323 e. The van der Waals surface area contributed by atoms with E-state index in [9.17, 15) is 0 Å². The summed E-state index contributed by atoms with van der Waals surface area (Å²) in [4.78, 5) is 3.96. The summed E-state index contributed by atoms with van der Waals surface area (Å²) >= 11 is 3.23. The second kappa shape index (κ2) is 5.92. The Kier molecular flexibility index (Phi) is 5.63. The lowest BCUT2D eigenvalue weighted by molar-refractivity contribution is 0.746. The first-order valence-electron chi connectivity index (χ1n) is 3.48. The molecule has 0 aliphatic heterocycles. The van der Waals surface area contributed by atoms with Gasteiger partial charge in [-0.1, -0.05) is 0 Å². The Hall–Kier alpha value is -0.630. The van der Waals surface area contributed by atoms with Crippen LogP contribution in [-0.4, -0.2) is 4.98 Å². The third-order valence-electron chi connectivity index (χ3n) is 1.49. The summed E-state index contributed by atoms with van der Waals surface area (Å²) in [5, 5.41) is 8.41. The van der Waals surface area contributed by atoms with Gasteiger partial charge in [0.1, 0.15) is 4.60 Å². The molecule has 3 nitrogen and oxygen atoms in total. The van der Waals surface area contributed by atoms with Crippen molar-refractivity contribution in [3.63, 3.8) is 0 Å². The number of nitrogens with zero attached hydrogens (tertiary/aromatic N) is 2. The summed E-state index contributed by atoms with van der Waals surface area (Å²) in [6.07, 6.45) is 1.99. The first-order valence-corrected chi connectivity index (χ1v) is 4.27. The standard InChI is InChI=1S/C8H8BrN3.ClH/c9-8-5-6(2-4-12-8)7(11)1-3-10;/h2,4-5,7H,1,11H2;1H/t7-;/m1./s1. The van der Waals surface area contributed by atoms with Crippen LogP contribution in [0.15, 0.2) is 22.9 Å². The lowest BCUT2D eigenvalue weighted by Gasteiger charge is -2.06. The second-order valence-electron chi connectivity index (χ2n) is 2.38. The molecule has 0 amide bonds. The summed E-state index contributed by atoms with van der Waals surface area (Å²) in [7, 11) is 0. The van der Waals surface area contributed by atoms with Crippen molar-refractivity contribution in [2.75, 3.05) is 0 Å². The van der Waals surface area contributed by atoms with E-state index < -0.39 is 0 Å². The van der Waals surface area contributed by atoms with Crippen LogP contribution in [0.4, 0.5) is 0 Å². The number of hydrogen-bond donors (Lipinski definition) is 1. The van der Waals surface area contributed by atoms with E-state index in [1.807, 2.05) is 18.2 Å². The Morgan fingerprint density at radius 2 is 2.38 bits per heavy atom. The highest BCUT2D eigenvalue weighted by atomic mass is 79.9. The molecule has 1 heterocycles. The van der Waals surface area contributed by atoms with E-state index in [-0.39, 0.29) is 18.4 Å². The zero-order chi connectivity index (χ0) is 8.97. The Bertz CT molecular complexity index is 311. The molecule has 0 aliphatic rings. The molecule has 0 saturated carbocycles. The summed E-state index contributed by atoms with van der Waals surface area (Å²) in [5.74, 6) is 0. The molecule has 0 unspecified atom stereocenters. The first-order chi connectivity index (χ1) is 5.74. The normalized spacial score (nSPS) is 11.2. The lowest BCUT2D eigenvalue weighted by Crippen LogP contribution is -2.09. The zero-order valence-electron chi connectivity index (χ0n) is 6.77. The molecule has 1 rings (SSSR count). The first kappa shape index (κ1) is 12.4. The highest BCUT2D eigenvalue weighted by molar-refractivity contribution is 9.10. The van der Waals surface area contributed by atoms with Gasteiger partial charge >= 0.3 is 0 Å². The molecule has 1 aromatic heterocycles. The summed E-state index contributed by atoms with van der Waals surface area (Å²) in [5.41, 5.74) is 6.63. The van der Waals surface area contributed by atoms with E-state index in [4.69, 9.17) is 11.0 Å². The zero-order valence-corrected chi connectivity index (χ0v) is 9.18. The number of rotatable bonds is 2. The van der Waals surface area contributed by atoms with Gasteiger partial charge in [-0.3, -0.25) is 0 Å². The van der Waals surface area contributed by atoms with Crippen molar-refractivity contribution in [1.82, 2.24) is 4.98 Å². The van der Waals surface area contributed by atoms with Crippen LogP contribution < -0.4 is 5.73 Å². The minimum absolute atomic E-state index is 0. The highest BCUT2D eigenvalue weighted by Crippen LogP contribution is 2.15. The van der Waals surface area contributed by atoms with E-state index in [1.165, 1.54) is 0 Å². The van der Waals surface area contributed by atoms with E-state index in [0.717, 1.165) is 10.2 Å². The van der Waals surface area contributed by atoms with Crippen LogP contribution >= 0.6 is 28.3 Å². The van der Waals surface area contributed by atoms with Crippen molar-refractivity contribution in [2.24, 2.45) is 5.73 Å². The maximum atomic E-state index is 8.41. The third-order valence-corrected chi connectivity index (χ3v) is 1.92. The fourth-order valence-corrected chi connectivity index (χ4v) is 1.25. The van der Waals surface area contributed by atoms with Gasteiger partial charge in [0.05, 0.1) is 12.5 Å². The number of halogens is 2. The SMILES string of the molecule is Cl.N#CC[C@@H](N)c1ccnc(Br)c1. The molecule has 0 radical (unpaired) electrons. The molecule has 13 heavy (non-hydrogen) atoms. The Balaban J connectivity index is 0.00000144. The quantitative estimate of drug-likeness (QED) is 0.831. The number of nitrogens with two attached hydrogens (primary N) is 1. The maximum absolute atomic E-state index is 8.41. The number of hydrogen-bond acceptors (Lipinski definition) is 3. The Morgan fingerprint density at radius 1 is 1.69 bits per heavy atom.